The first-order chi connectivity index (χ1) is 14.4. The van der Waals surface area contributed by atoms with E-state index < -0.39 is 0 Å². The van der Waals surface area contributed by atoms with Crippen LogP contribution in [-0.4, -0.2) is 47.7 Å². The molecule has 0 spiro atoms. The first-order valence-corrected chi connectivity index (χ1v) is 10.2. The number of imide groups is 1. The number of thioether (sulfide) groups is 1. The maximum absolute atomic E-state index is 12.1. The molecule has 30 heavy (non-hydrogen) atoms. The number of phenols is 1. The molecule has 0 bridgehead atoms. The quantitative estimate of drug-likeness (QED) is 0.545. The van der Waals surface area contributed by atoms with Crippen LogP contribution in [0.5, 0.6) is 11.5 Å². The first kappa shape index (κ1) is 20.1. The lowest BCUT2D eigenvalue weighted by Gasteiger charge is -2.11. The predicted molar refractivity (Wildman–Crippen MR) is 113 cm³/mol. The highest BCUT2D eigenvalue weighted by atomic mass is 79.9. The van der Waals surface area contributed by atoms with E-state index in [-0.39, 0.29) is 29.3 Å². The van der Waals surface area contributed by atoms with E-state index >= 15 is 0 Å². The summed E-state index contributed by atoms with van der Waals surface area (Å²) in [6.45, 7) is 0.129. The zero-order valence-corrected chi connectivity index (χ0v) is 17.9. The Kier molecular flexibility index (Phi) is 5.55. The van der Waals surface area contributed by atoms with Crippen LogP contribution in [0.2, 0.25) is 0 Å². The van der Waals surface area contributed by atoms with Crippen molar-refractivity contribution in [3.63, 3.8) is 0 Å². The Balaban J connectivity index is 1.51. The lowest BCUT2D eigenvalue weighted by molar-refractivity contribution is -0.121. The van der Waals surface area contributed by atoms with Crippen molar-refractivity contribution >= 4 is 44.9 Å². The number of ether oxygens (including phenoxy) is 1. The Morgan fingerprint density at radius 2 is 2.03 bits per heavy atom. The highest BCUT2D eigenvalue weighted by Gasteiger charge is 2.32. The monoisotopic (exact) mass is 487 g/mol. The second-order valence-corrected chi connectivity index (χ2v) is 8.08. The molecule has 2 aromatic heterocycles. The van der Waals surface area contributed by atoms with Crippen LogP contribution in [0.25, 0.3) is 12.0 Å². The Hall–Kier alpha value is -3.18. The SMILES string of the molecule is CN1C(=O)S/C(=C\c2cc(OCc3cnc(-n4ccnc4)nc3)c(O)cc2Br)C1=O. The van der Waals surface area contributed by atoms with Gasteiger partial charge in [-0.05, 0) is 35.5 Å². The Morgan fingerprint density at radius 1 is 1.27 bits per heavy atom. The number of rotatable bonds is 5. The van der Waals surface area contributed by atoms with Crippen molar-refractivity contribution in [2.45, 2.75) is 6.61 Å². The summed E-state index contributed by atoms with van der Waals surface area (Å²) in [5.41, 5.74) is 1.29. The molecular weight excluding hydrogens is 474 g/mol. The van der Waals surface area contributed by atoms with Crippen LogP contribution in [0, 0.1) is 0 Å². The molecule has 1 N–H and O–H groups in total. The van der Waals surface area contributed by atoms with Gasteiger partial charge in [0.2, 0.25) is 5.95 Å². The molecule has 0 atom stereocenters. The van der Waals surface area contributed by atoms with Gasteiger partial charge in [-0.15, -0.1) is 0 Å². The molecule has 1 aromatic carbocycles. The van der Waals surface area contributed by atoms with Gasteiger partial charge >= 0.3 is 0 Å². The number of aromatic nitrogens is 4. The summed E-state index contributed by atoms with van der Waals surface area (Å²) >= 11 is 4.21. The molecule has 2 amide bonds. The summed E-state index contributed by atoms with van der Waals surface area (Å²) in [5, 5.41) is 9.87. The molecule has 0 saturated carbocycles. The van der Waals surface area contributed by atoms with Gasteiger partial charge in [0.1, 0.15) is 12.9 Å². The highest BCUT2D eigenvalue weighted by molar-refractivity contribution is 9.10. The lowest BCUT2D eigenvalue weighted by Crippen LogP contribution is -2.22. The van der Waals surface area contributed by atoms with E-state index in [1.807, 2.05) is 0 Å². The van der Waals surface area contributed by atoms with Crippen LogP contribution in [0.3, 0.4) is 0 Å². The van der Waals surface area contributed by atoms with Crippen LogP contribution in [0.15, 0.2) is 52.6 Å². The zero-order chi connectivity index (χ0) is 21.3. The topological polar surface area (TPSA) is 110 Å². The molecule has 0 radical (unpaired) electrons. The van der Waals surface area contributed by atoms with E-state index in [1.54, 1.807) is 47.8 Å². The second kappa shape index (κ2) is 8.28. The average molecular weight is 488 g/mol. The number of aromatic hydroxyl groups is 1. The van der Waals surface area contributed by atoms with Gasteiger partial charge in [0.05, 0.1) is 4.91 Å². The van der Waals surface area contributed by atoms with Gasteiger partial charge in [-0.2, -0.15) is 0 Å². The molecule has 4 rings (SSSR count). The molecule has 152 valence electrons. The minimum absolute atomic E-state index is 0.0708. The van der Waals surface area contributed by atoms with Crippen LogP contribution in [-0.2, 0) is 11.4 Å². The van der Waals surface area contributed by atoms with E-state index in [4.69, 9.17) is 4.74 Å². The number of likely N-dealkylation sites (N-methyl/N-ethyl adjacent to an activating group) is 1. The molecule has 1 saturated heterocycles. The van der Waals surface area contributed by atoms with Crippen molar-refractivity contribution < 1.29 is 19.4 Å². The third-order valence-corrected chi connectivity index (χ3v) is 5.82. The molecule has 1 aliphatic rings. The summed E-state index contributed by atoms with van der Waals surface area (Å²) in [7, 11) is 1.43. The summed E-state index contributed by atoms with van der Waals surface area (Å²) in [6.07, 6.45) is 9.79. The third kappa shape index (κ3) is 4.07. The fraction of sp³-hybridized carbons (Fsp3) is 0.105. The normalized spacial score (nSPS) is 15.3. The number of carbonyl (C=O) groups is 2. The Bertz CT molecular complexity index is 1150. The van der Waals surface area contributed by atoms with Crippen molar-refractivity contribution in [3.8, 4) is 17.4 Å². The van der Waals surface area contributed by atoms with Gasteiger partial charge < -0.3 is 9.84 Å². The number of benzene rings is 1. The van der Waals surface area contributed by atoms with E-state index in [1.165, 1.54) is 13.1 Å². The Labute approximate surface area is 183 Å². The minimum atomic E-state index is -0.373. The summed E-state index contributed by atoms with van der Waals surface area (Å²) in [4.78, 5) is 37.6. The highest BCUT2D eigenvalue weighted by Crippen LogP contribution is 2.37. The number of halogens is 1. The summed E-state index contributed by atoms with van der Waals surface area (Å²) in [6, 6.07) is 3.06. The van der Waals surface area contributed by atoms with Crippen molar-refractivity contribution in [2.75, 3.05) is 7.05 Å². The maximum Gasteiger partial charge on any atom is 0.293 e. The molecule has 1 fully saturated rings. The molecule has 3 heterocycles. The maximum atomic E-state index is 12.1. The van der Waals surface area contributed by atoms with E-state index in [9.17, 15) is 14.7 Å². The zero-order valence-electron chi connectivity index (χ0n) is 15.5. The standard InChI is InChI=1S/C19H14BrN5O4S/c1-24-17(27)16(30-19(24)28)5-12-4-15(14(26)6-13(12)20)29-9-11-7-22-18(23-8-11)25-3-2-21-10-25/h2-8,10,26H,9H2,1H3/b16-5-. The van der Waals surface area contributed by atoms with Gasteiger partial charge in [-0.1, -0.05) is 15.9 Å². The van der Waals surface area contributed by atoms with Crippen molar-refractivity contribution in [2.24, 2.45) is 0 Å². The lowest BCUT2D eigenvalue weighted by atomic mass is 10.2. The average Bonchev–Trinajstić information content (AvgIpc) is 3.35. The summed E-state index contributed by atoms with van der Waals surface area (Å²) in [5.74, 6) is 0.259. The number of imidazole rings is 1. The van der Waals surface area contributed by atoms with Crippen LogP contribution < -0.4 is 4.74 Å². The number of nitrogens with zero attached hydrogens (tertiary/aromatic N) is 5. The van der Waals surface area contributed by atoms with Crippen LogP contribution in [0.1, 0.15) is 11.1 Å². The van der Waals surface area contributed by atoms with Gasteiger partial charge in [0, 0.05) is 41.9 Å². The van der Waals surface area contributed by atoms with Crippen molar-refractivity contribution in [1.82, 2.24) is 24.4 Å². The van der Waals surface area contributed by atoms with E-state index in [2.05, 4.69) is 30.9 Å². The number of hydrogen-bond acceptors (Lipinski definition) is 8. The van der Waals surface area contributed by atoms with Gasteiger partial charge in [0.25, 0.3) is 11.1 Å². The molecule has 0 aliphatic carbocycles. The third-order valence-electron chi connectivity index (χ3n) is 4.17. The van der Waals surface area contributed by atoms with E-state index in [0.29, 0.717) is 26.5 Å². The number of phenolic OH excluding ortho intramolecular Hbond substituents is 1. The van der Waals surface area contributed by atoms with Crippen LogP contribution >= 0.6 is 27.7 Å². The molecular formula is C19H14BrN5O4S. The molecule has 3 aromatic rings. The fourth-order valence-electron chi connectivity index (χ4n) is 2.57. The number of hydrogen-bond donors (Lipinski definition) is 1. The summed E-state index contributed by atoms with van der Waals surface area (Å²) < 4.78 is 7.95. The fourth-order valence-corrected chi connectivity index (χ4v) is 3.83. The van der Waals surface area contributed by atoms with Crippen LogP contribution in [0.4, 0.5) is 4.79 Å². The minimum Gasteiger partial charge on any atom is -0.504 e. The molecule has 9 nitrogen and oxygen atoms in total. The van der Waals surface area contributed by atoms with Crippen molar-refractivity contribution in [3.05, 3.63) is 63.8 Å². The Morgan fingerprint density at radius 3 is 2.67 bits per heavy atom. The molecule has 0 unspecified atom stereocenters. The second-order valence-electron chi connectivity index (χ2n) is 6.23. The van der Waals surface area contributed by atoms with Gasteiger partial charge in [-0.25, -0.2) is 15.0 Å². The van der Waals surface area contributed by atoms with E-state index in [0.717, 1.165) is 16.7 Å². The number of amides is 2. The smallest absolute Gasteiger partial charge is 0.293 e. The molecule has 11 heteroatoms. The van der Waals surface area contributed by atoms with Gasteiger partial charge in [-0.3, -0.25) is 19.1 Å². The predicted octanol–water partition coefficient (Wildman–Crippen LogP) is 3.38. The number of carbonyl (C=O) groups excluding carboxylic acids is 2. The largest absolute Gasteiger partial charge is 0.504 e. The first-order valence-electron chi connectivity index (χ1n) is 8.58. The molecule has 1 aliphatic heterocycles. The van der Waals surface area contributed by atoms with Gasteiger partial charge in [0.15, 0.2) is 11.5 Å². The van der Waals surface area contributed by atoms with Crippen molar-refractivity contribution in [1.29, 1.82) is 0 Å².